The zero-order chi connectivity index (χ0) is 13.1. The highest BCUT2D eigenvalue weighted by molar-refractivity contribution is 5.74. The topological polar surface area (TPSA) is 75.6 Å². The predicted molar refractivity (Wildman–Crippen MR) is 62.6 cm³/mol. The first-order chi connectivity index (χ1) is 7.79. The zero-order valence-electron chi connectivity index (χ0n) is 10.7. The Labute approximate surface area is 102 Å². The van der Waals surface area contributed by atoms with Gasteiger partial charge < -0.3 is 15.2 Å². The molecule has 5 heteroatoms. The minimum Gasteiger partial charge on any atom is -0.481 e. The van der Waals surface area contributed by atoms with Crippen LogP contribution in [0.25, 0.3) is 0 Å². The number of esters is 1. The number of nitrogens with one attached hydrogen (secondary N) is 1. The number of rotatable bonds is 3. The number of ether oxygens (including phenoxy) is 1. The fraction of sp³-hybridized carbons (Fsp3) is 0.833. The van der Waals surface area contributed by atoms with E-state index in [0.717, 1.165) is 0 Å². The van der Waals surface area contributed by atoms with Crippen LogP contribution in [0.15, 0.2) is 0 Å². The van der Waals surface area contributed by atoms with Crippen molar-refractivity contribution in [3.63, 3.8) is 0 Å². The molecule has 1 saturated heterocycles. The molecule has 1 fully saturated rings. The van der Waals surface area contributed by atoms with Crippen molar-refractivity contribution in [2.24, 2.45) is 11.8 Å². The molecule has 0 amide bonds. The van der Waals surface area contributed by atoms with E-state index in [1.54, 1.807) is 20.8 Å². The summed E-state index contributed by atoms with van der Waals surface area (Å²) >= 11 is 0. The van der Waals surface area contributed by atoms with Gasteiger partial charge >= 0.3 is 11.9 Å². The number of aliphatic carboxylic acids is 1. The summed E-state index contributed by atoms with van der Waals surface area (Å²) in [5.74, 6) is -1.75. The van der Waals surface area contributed by atoms with Gasteiger partial charge in [0.25, 0.3) is 0 Å². The Kier molecular flexibility index (Phi) is 4.51. The molecule has 0 aromatic carbocycles. The highest BCUT2D eigenvalue weighted by Gasteiger charge is 2.33. The molecule has 1 heterocycles. The third kappa shape index (κ3) is 4.73. The van der Waals surface area contributed by atoms with Crippen LogP contribution in [0.5, 0.6) is 0 Å². The standard InChI is InChI=1S/C12H21NO4/c1-12(2,3)17-10(14)6-8-7-13-5-4-9(8)11(15)16/h8-9,13H,4-7H2,1-3H3,(H,15,16). The predicted octanol–water partition coefficient (Wildman–Crippen LogP) is 1.03. The first kappa shape index (κ1) is 14.0. The van der Waals surface area contributed by atoms with Gasteiger partial charge in [0.2, 0.25) is 0 Å². The maximum atomic E-state index is 11.7. The van der Waals surface area contributed by atoms with Gasteiger partial charge in [0, 0.05) is 0 Å². The Hall–Kier alpha value is -1.10. The Morgan fingerprint density at radius 3 is 2.59 bits per heavy atom. The molecule has 2 unspecified atom stereocenters. The molecule has 1 aliphatic rings. The normalized spacial score (nSPS) is 25.4. The molecule has 2 atom stereocenters. The third-order valence-corrected chi connectivity index (χ3v) is 2.77. The summed E-state index contributed by atoms with van der Waals surface area (Å²) in [6.07, 6.45) is 0.740. The maximum absolute atomic E-state index is 11.7. The number of hydrogen-bond acceptors (Lipinski definition) is 4. The average Bonchev–Trinajstić information content (AvgIpc) is 2.14. The molecule has 98 valence electrons. The first-order valence-corrected chi connectivity index (χ1v) is 5.95. The monoisotopic (exact) mass is 243 g/mol. The van der Waals surface area contributed by atoms with Crippen LogP contribution in [0.1, 0.15) is 33.6 Å². The molecule has 5 nitrogen and oxygen atoms in total. The van der Waals surface area contributed by atoms with Crippen molar-refractivity contribution in [1.29, 1.82) is 0 Å². The fourth-order valence-corrected chi connectivity index (χ4v) is 2.06. The molecule has 0 radical (unpaired) electrons. The van der Waals surface area contributed by atoms with Crippen molar-refractivity contribution in [2.75, 3.05) is 13.1 Å². The van der Waals surface area contributed by atoms with Crippen molar-refractivity contribution in [1.82, 2.24) is 5.32 Å². The van der Waals surface area contributed by atoms with E-state index in [0.29, 0.717) is 19.5 Å². The summed E-state index contributed by atoms with van der Waals surface area (Å²) in [6.45, 7) is 6.67. The number of hydrogen-bond donors (Lipinski definition) is 2. The average molecular weight is 243 g/mol. The van der Waals surface area contributed by atoms with Crippen LogP contribution in [0.3, 0.4) is 0 Å². The van der Waals surface area contributed by atoms with Gasteiger partial charge in [-0.05, 0) is 46.2 Å². The minimum atomic E-state index is -0.819. The van der Waals surface area contributed by atoms with Gasteiger partial charge in [-0.1, -0.05) is 0 Å². The van der Waals surface area contributed by atoms with E-state index in [1.807, 2.05) is 0 Å². The van der Waals surface area contributed by atoms with Crippen molar-refractivity contribution < 1.29 is 19.4 Å². The minimum absolute atomic E-state index is 0.168. The van der Waals surface area contributed by atoms with Gasteiger partial charge in [0.1, 0.15) is 5.60 Å². The van der Waals surface area contributed by atoms with Gasteiger partial charge in [-0.25, -0.2) is 0 Å². The first-order valence-electron chi connectivity index (χ1n) is 5.95. The molecule has 0 aromatic rings. The van der Waals surface area contributed by atoms with Gasteiger partial charge in [0.15, 0.2) is 0 Å². The van der Waals surface area contributed by atoms with E-state index in [1.165, 1.54) is 0 Å². The summed E-state index contributed by atoms with van der Waals surface area (Å²) in [6, 6.07) is 0. The molecule has 17 heavy (non-hydrogen) atoms. The summed E-state index contributed by atoms with van der Waals surface area (Å²) in [5.41, 5.74) is -0.516. The number of carboxylic acid groups (broad SMARTS) is 1. The van der Waals surface area contributed by atoms with Crippen molar-refractivity contribution in [3.8, 4) is 0 Å². The lowest BCUT2D eigenvalue weighted by Gasteiger charge is -2.29. The lowest BCUT2D eigenvalue weighted by Crippen LogP contribution is -2.41. The molecule has 2 N–H and O–H groups in total. The van der Waals surface area contributed by atoms with Gasteiger partial charge in [-0.2, -0.15) is 0 Å². The van der Waals surface area contributed by atoms with E-state index in [4.69, 9.17) is 9.84 Å². The highest BCUT2D eigenvalue weighted by Crippen LogP contribution is 2.24. The van der Waals surface area contributed by atoms with Gasteiger partial charge in [-0.3, -0.25) is 9.59 Å². The number of carbonyl (C=O) groups is 2. The third-order valence-electron chi connectivity index (χ3n) is 2.77. The number of piperidine rings is 1. The molecule has 0 saturated carbocycles. The van der Waals surface area contributed by atoms with Gasteiger partial charge in [0.05, 0.1) is 12.3 Å². The summed E-state index contributed by atoms with van der Waals surface area (Å²) in [4.78, 5) is 22.7. The number of carboxylic acids is 1. The van der Waals surface area contributed by atoms with Crippen LogP contribution >= 0.6 is 0 Å². The van der Waals surface area contributed by atoms with Crippen molar-refractivity contribution in [3.05, 3.63) is 0 Å². The fourth-order valence-electron chi connectivity index (χ4n) is 2.06. The lowest BCUT2D eigenvalue weighted by molar-refractivity contribution is -0.157. The largest absolute Gasteiger partial charge is 0.481 e. The van der Waals surface area contributed by atoms with Crippen LogP contribution < -0.4 is 5.32 Å². The number of carbonyl (C=O) groups excluding carboxylic acids is 1. The summed E-state index contributed by atoms with van der Waals surface area (Å²) < 4.78 is 5.21. The lowest BCUT2D eigenvalue weighted by atomic mass is 9.84. The molecule has 0 bridgehead atoms. The molecular formula is C12H21NO4. The van der Waals surface area contributed by atoms with E-state index in [2.05, 4.69) is 5.32 Å². The molecule has 0 aromatic heterocycles. The van der Waals surface area contributed by atoms with E-state index < -0.39 is 17.5 Å². The molecule has 0 aliphatic carbocycles. The molecule has 1 aliphatic heterocycles. The Bertz CT molecular complexity index is 295. The van der Waals surface area contributed by atoms with E-state index in [9.17, 15) is 9.59 Å². The maximum Gasteiger partial charge on any atom is 0.306 e. The van der Waals surface area contributed by atoms with E-state index in [-0.39, 0.29) is 18.3 Å². The van der Waals surface area contributed by atoms with Crippen LogP contribution in [-0.2, 0) is 14.3 Å². The smallest absolute Gasteiger partial charge is 0.306 e. The molecule has 0 spiro atoms. The Morgan fingerprint density at radius 2 is 2.06 bits per heavy atom. The van der Waals surface area contributed by atoms with Crippen molar-refractivity contribution in [2.45, 2.75) is 39.2 Å². The van der Waals surface area contributed by atoms with Crippen molar-refractivity contribution >= 4 is 11.9 Å². The van der Waals surface area contributed by atoms with Crippen LogP contribution in [-0.4, -0.2) is 35.7 Å². The molecule has 1 rings (SSSR count). The Morgan fingerprint density at radius 1 is 1.41 bits per heavy atom. The van der Waals surface area contributed by atoms with E-state index >= 15 is 0 Å². The highest BCUT2D eigenvalue weighted by atomic mass is 16.6. The molecular weight excluding hydrogens is 222 g/mol. The zero-order valence-corrected chi connectivity index (χ0v) is 10.7. The second-order valence-electron chi connectivity index (χ2n) is 5.49. The van der Waals surface area contributed by atoms with Gasteiger partial charge in [-0.15, -0.1) is 0 Å². The second kappa shape index (κ2) is 5.49. The summed E-state index contributed by atoms with van der Waals surface area (Å²) in [5, 5.41) is 12.2. The second-order valence-corrected chi connectivity index (χ2v) is 5.49. The van der Waals surface area contributed by atoms with Crippen LogP contribution in [0, 0.1) is 11.8 Å². The summed E-state index contributed by atoms with van der Waals surface area (Å²) in [7, 11) is 0. The van der Waals surface area contributed by atoms with Crippen LogP contribution in [0.2, 0.25) is 0 Å². The van der Waals surface area contributed by atoms with Crippen LogP contribution in [0.4, 0.5) is 0 Å². The SMILES string of the molecule is CC(C)(C)OC(=O)CC1CNCCC1C(=O)O. The quantitative estimate of drug-likeness (QED) is 0.724. The Balaban J connectivity index is 2.53.